The van der Waals surface area contributed by atoms with Gasteiger partial charge in [-0.15, -0.1) is 0 Å². The number of aromatic nitrogens is 1. The number of nitrogens with zero attached hydrogens (tertiary/aromatic N) is 1. The van der Waals surface area contributed by atoms with E-state index in [4.69, 9.17) is 9.47 Å². The molecule has 4 aromatic rings. The van der Waals surface area contributed by atoms with Gasteiger partial charge in [0.05, 0.1) is 25.8 Å². The van der Waals surface area contributed by atoms with Gasteiger partial charge in [0.15, 0.2) is 0 Å². The third kappa shape index (κ3) is 10.7. The van der Waals surface area contributed by atoms with Crippen LogP contribution >= 0.6 is 0 Å². The van der Waals surface area contributed by atoms with E-state index in [-0.39, 0.29) is 18.0 Å². The van der Waals surface area contributed by atoms with Crippen molar-refractivity contribution < 1.29 is 33.8 Å². The molecule has 1 heterocycles. The molecule has 3 aromatic carbocycles. The van der Waals surface area contributed by atoms with Gasteiger partial charge in [-0.3, -0.25) is 19.2 Å². The predicted molar refractivity (Wildman–Crippen MR) is 198 cm³/mol. The smallest absolute Gasteiger partial charge is 0.323 e. The van der Waals surface area contributed by atoms with Gasteiger partial charge in [0.2, 0.25) is 11.8 Å². The normalized spacial score (nSPS) is 12.3. The summed E-state index contributed by atoms with van der Waals surface area (Å²) < 4.78 is 12.9. The predicted octanol–water partition coefficient (Wildman–Crippen LogP) is 6.20. The number of nitrogens with one attached hydrogen (secondary N) is 3. The molecule has 0 radical (unpaired) electrons. The second kappa shape index (κ2) is 19.0. The molecule has 51 heavy (non-hydrogen) atoms. The molecule has 2 atom stereocenters. The van der Waals surface area contributed by atoms with Gasteiger partial charge in [-0.25, -0.2) is 0 Å². The molecule has 1 aromatic heterocycles. The van der Waals surface area contributed by atoms with Gasteiger partial charge in [-0.05, 0) is 74.1 Å². The number of amides is 3. The number of ether oxygens (including phenoxy) is 2. The Labute approximate surface area is 299 Å². The van der Waals surface area contributed by atoms with Gasteiger partial charge in [0.1, 0.15) is 29.8 Å². The summed E-state index contributed by atoms with van der Waals surface area (Å²) in [5.74, 6) is -1.12. The van der Waals surface area contributed by atoms with Gasteiger partial charge >= 0.3 is 5.97 Å². The van der Waals surface area contributed by atoms with Gasteiger partial charge in [0, 0.05) is 23.5 Å². The Morgan fingerprint density at radius 1 is 0.863 bits per heavy atom. The van der Waals surface area contributed by atoms with Gasteiger partial charge < -0.3 is 35.1 Å². The van der Waals surface area contributed by atoms with E-state index in [0.29, 0.717) is 53.8 Å². The Morgan fingerprint density at radius 2 is 1.55 bits per heavy atom. The average molecular weight is 697 g/mol. The first-order valence-electron chi connectivity index (χ1n) is 17.3. The Balaban J connectivity index is 1.55. The van der Waals surface area contributed by atoms with Crippen molar-refractivity contribution in [3.63, 3.8) is 0 Å². The Morgan fingerprint density at radius 3 is 2.22 bits per heavy atom. The highest BCUT2D eigenvalue weighted by molar-refractivity contribution is 6.01. The number of carboxylic acid groups (broad SMARTS) is 1. The maximum atomic E-state index is 14.2. The molecule has 0 spiro atoms. The average Bonchev–Trinajstić information content (AvgIpc) is 3.49. The van der Waals surface area contributed by atoms with Gasteiger partial charge in [0.25, 0.3) is 5.91 Å². The van der Waals surface area contributed by atoms with Crippen LogP contribution in [0.15, 0.2) is 78.9 Å². The number of hydrogen-bond acceptors (Lipinski definition) is 6. The lowest BCUT2D eigenvalue weighted by Gasteiger charge is -2.27. The summed E-state index contributed by atoms with van der Waals surface area (Å²) in [7, 11) is 3.15. The van der Waals surface area contributed by atoms with Crippen molar-refractivity contribution in [3.8, 4) is 11.5 Å². The topological polar surface area (TPSA) is 148 Å². The first kappa shape index (κ1) is 38.2. The van der Waals surface area contributed by atoms with Crippen LogP contribution in [0, 0.1) is 6.92 Å². The molecule has 0 saturated heterocycles. The summed E-state index contributed by atoms with van der Waals surface area (Å²) in [6.45, 7) is 3.96. The first-order chi connectivity index (χ1) is 24.6. The van der Waals surface area contributed by atoms with E-state index in [1.54, 1.807) is 44.6 Å². The summed E-state index contributed by atoms with van der Waals surface area (Å²) in [5, 5.41) is 19.3. The molecule has 0 bridgehead atoms. The minimum Gasteiger partial charge on any atom is -0.496 e. The van der Waals surface area contributed by atoms with Crippen molar-refractivity contribution in [1.82, 2.24) is 20.5 Å². The number of methoxy groups -OCH3 is 2. The summed E-state index contributed by atoms with van der Waals surface area (Å²) in [4.78, 5) is 52.2. The third-order valence-corrected chi connectivity index (χ3v) is 8.60. The molecule has 0 aliphatic carbocycles. The van der Waals surface area contributed by atoms with Gasteiger partial charge in [-0.2, -0.15) is 0 Å². The van der Waals surface area contributed by atoms with Crippen LogP contribution in [0.2, 0.25) is 0 Å². The van der Waals surface area contributed by atoms with Crippen molar-refractivity contribution in [3.05, 3.63) is 101 Å². The number of carboxylic acids is 1. The van der Waals surface area contributed by atoms with E-state index in [1.807, 2.05) is 55.5 Å². The number of hydrogen-bond donors (Lipinski definition) is 4. The fourth-order valence-corrected chi connectivity index (χ4v) is 6.07. The molecule has 2 unspecified atom stereocenters. The minimum atomic E-state index is -1.10. The zero-order valence-corrected chi connectivity index (χ0v) is 29.7. The monoisotopic (exact) mass is 696 g/mol. The lowest BCUT2D eigenvalue weighted by Crippen LogP contribution is -2.48. The van der Waals surface area contributed by atoms with Crippen LogP contribution in [0.5, 0.6) is 11.5 Å². The molecule has 11 nitrogen and oxygen atoms in total. The Bertz CT molecular complexity index is 1810. The quantitative estimate of drug-likeness (QED) is 0.0675. The van der Waals surface area contributed by atoms with E-state index in [9.17, 15) is 24.3 Å². The third-order valence-electron chi connectivity index (χ3n) is 8.60. The molecule has 11 heteroatoms. The van der Waals surface area contributed by atoms with E-state index in [0.717, 1.165) is 24.0 Å². The number of carbonyl (C=O) groups is 4. The number of aryl methyl sites for hydroxylation is 1. The summed E-state index contributed by atoms with van der Waals surface area (Å²) in [6, 6.07) is 20.6. The van der Waals surface area contributed by atoms with E-state index in [2.05, 4.69) is 22.9 Å². The minimum absolute atomic E-state index is 0.137. The van der Waals surface area contributed by atoms with Gasteiger partial charge in [-0.1, -0.05) is 68.3 Å². The SMILES string of the molecule is CCCCC(NC(=O)C(CCCCNC(=O)/C=C/c1ccccc1)NC(=O)c1cc2ccccc2n1CC(=O)O)c1c(OC)cc(C)cc1OC. The maximum Gasteiger partial charge on any atom is 0.323 e. The van der Waals surface area contributed by atoms with Crippen LogP contribution in [0.4, 0.5) is 0 Å². The number of para-hydroxylation sites is 1. The highest BCUT2D eigenvalue weighted by Crippen LogP contribution is 2.38. The summed E-state index contributed by atoms with van der Waals surface area (Å²) in [6.07, 6.45) is 6.87. The van der Waals surface area contributed by atoms with Crippen molar-refractivity contribution in [2.75, 3.05) is 20.8 Å². The number of rotatable bonds is 19. The van der Waals surface area contributed by atoms with E-state index >= 15 is 0 Å². The Hall–Kier alpha value is -5.58. The summed E-state index contributed by atoms with van der Waals surface area (Å²) in [5.41, 5.74) is 3.31. The van der Waals surface area contributed by atoms with E-state index < -0.39 is 36.4 Å². The second-order valence-electron chi connectivity index (χ2n) is 12.4. The molecular formula is C40H48N4O7. The number of fused-ring (bicyclic) bond motifs is 1. The van der Waals surface area contributed by atoms with Crippen molar-refractivity contribution in [2.24, 2.45) is 0 Å². The zero-order valence-electron chi connectivity index (χ0n) is 29.7. The molecule has 270 valence electrons. The molecule has 3 amide bonds. The second-order valence-corrected chi connectivity index (χ2v) is 12.4. The van der Waals surface area contributed by atoms with Crippen LogP contribution in [0.1, 0.15) is 78.7 Å². The number of unbranched alkanes of at least 4 members (excludes halogenated alkanes) is 2. The molecule has 4 N–H and O–H groups in total. The van der Waals surface area contributed by atoms with Crippen molar-refractivity contribution in [1.29, 1.82) is 0 Å². The summed E-state index contributed by atoms with van der Waals surface area (Å²) >= 11 is 0. The number of aliphatic carboxylic acids is 1. The molecule has 0 aliphatic heterocycles. The fourth-order valence-electron chi connectivity index (χ4n) is 6.07. The molecular weight excluding hydrogens is 648 g/mol. The maximum absolute atomic E-state index is 14.2. The van der Waals surface area contributed by atoms with Crippen LogP contribution in [-0.2, 0) is 20.9 Å². The Kier molecular flexibility index (Phi) is 14.2. The zero-order chi connectivity index (χ0) is 36.8. The van der Waals surface area contributed by atoms with E-state index in [1.165, 1.54) is 10.6 Å². The lowest BCUT2D eigenvalue weighted by molar-refractivity contribution is -0.137. The molecule has 4 rings (SSSR count). The largest absolute Gasteiger partial charge is 0.496 e. The van der Waals surface area contributed by atoms with Crippen LogP contribution in [0.25, 0.3) is 17.0 Å². The first-order valence-corrected chi connectivity index (χ1v) is 17.3. The number of carbonyl (C=O) groups excluding carboxylic acids is 3. The molecule has 0 saturated carbocycles. The van der Waals surface area contributed by atoms with Crippen LogP contribution < -0.4 is 25.4 Å². The number of benzene rings is 3. The highest BCUT2D eigenvalue weighted by atomic mass is 16.5. The fraction of sp³-hybridized carbons (Fsp3) is 0.350. The highest BCUT2D eigenvalue weighted by Gasteiger charge is 2.29. The standard InChI is InChI=1S/C40H48N4O7/c1-5-6-17-30(38-34(50-3)23-27(2)24-35(38)51-4)42-39(48)31(18-12-13-22-41-36(45)21-20-28-14-8-7-9-15-28)43-40(49)33-25-29-16-10-11-19-32(29)44(33)26-37(46)47/h7-11,14-16,19-21,23-25,30-31H,5-6,12-13,17-18,22,26H2,1-4H3,(H,41,45)(H,42,48)(H,43,49)(H,46,47)/b21-20+. The lowest BCUT2D eigenvalue weighted by atomic mass is 9.96. The van der Waals surface area contributed by atoms with Crippen molar-refractivity contribution in [2.45, 2.75) is 71.0 Å². The van der Waals surface area contributed by atoms with Crippen LogP contribution in [0.3, 0.4) is 0 Å². The molecule has 0 aliphatic rings. The van der Waals surface area contributed by atoms with Crippen molar-refractivity contribution >= 4 is 40.7 Å². The molecule has 0 fully saturated rings. The van der Waals surface area contributed by atoms with Crippen LogP contribution in [-0.4, -0.2) is 60.2 Å².